The van der Waals surface area contributed by atoms with Gasteiger partial charge in [-0.1, -0.05) is 30.9 Å². The summed E-state index contributed by atoms with van der Waals surface area (Å²) in [5.74, 6) is 0.954. The van der Waals surface area contributed by atoms with E-state index >= 15 is 0 Å². The first-order valence-electron chi connectivity index (χ1n) is 8.89. The second-order valence-corrected chi connectivity index (χ2v) is 7.18. The first-order valence-corrected chi connectivity index (χ1v) is 9.70. The third-order valence-electron chi connectivity index (χ3n) is 4.30. The molecule has 0 N–H and O–H groups in total. The van der Waals surface area contributed by atoms with Crippen LogP contribution >= 0.6 is 11.3 Å². The highest BCUT2D eigenvalue weighted by Crippen LogP contribution is 2.36. The van der Waals surface area contributed by atoms with Crippen LogP contribution in [0.25, 0.3) is 27.0 Å². The number of fused-ring (bicyclic) bond motifs is 1. The molecule has 0 atom stereocenters. The maximum atomic E-state index is 12.0. The molecule has 0 aliphatic rings. The summed E-state index contributed by atoms with van der Waals surface area (Å²) in [6.07, 6.45) is 3.81. The first-order chi connectivity index (χ1) is 14.1. The lowest BCUT2D eigenvalue weighted by Gasteiger charge is -2.09. The lowest BCUT2D eigenvalue weighted by atomic mass is 10.1. The van der Waals surface area contributed by atoms with Crippen molar-refractivity contribution in [3.63, 3.8) is 0 Å². The lowest BCUT2D eigenvalue weighted by Crippen LogP contribution is -1.97. The van der Waals surface area contributed by atoms with Gasteiger partial charge in [-0.3, -0.25) is 0 Å². The molecular formula is C23H22O5S. The Hall–Kier alpha value is -3.09. The smallest absolute Gasteiger partial charge is 0.336 e. The van der Waals surface area contributed by atoms with Crippen LogP contribution in [0.15, 0.2) is 81.9 Å². The molecule has 150 valence electrons. The van der Waals surface area contributed by atoms with Crippen molar-refractivity contribution in [2.24, 2.45) is 0 Å². The molecule has 3 rings (SSSR count). The maximum Gasteiger partial charge on any atom is 0.336 e. The number of allylic oxidation sites excluding steroid dienone is 2. The van der Waals surface area contributed by atoms with Crippen LogP contribution in [0.1, 0.15) is 4.88 Å². The van der Waals surface area contributed by atoms with E-state index in [0.29, 0.717) is 23.7 Å². The monoisotopic (exact) mass is 410 g/mol. The van der Waals surface area contributed by atoms with Crippen molar-refractivity contribution in [1.29, 1.82) is 0 Å². The van der Waals surface area contributed by atoms with E-state index in [1.165, 1.54) is 6.07 Å². The fourth-order valence-electron chi connectivity index (χ4n) is 2.85. The van der Waals surface area contributed by atoms with E-state index in [4.69, 9.17) is 18.6 Å². The van der Waals surface area contributed by atoms with Crippen LogP contribution in [0.5, 0.6) is 0 Å². The average Bonchev–Trinajstić information content (AvgIpc) is 3.22. The molecule has 0 aliphatic heterocycles. The fourth-order valence-corrected chi connectivity index (χ4v) is 3.90. The topological polar surface area (TPSA) is 57.9 Å². The zero-order valence-corrected chi connectivity index (χ0v) is 17.4. The van der Waals surface area contributed by atoms with Crippen molar-refractivity contribution in [2.45, 2.75) is 0 Å². The third kappa shape index (κ3) is 4.67. The number of methoxy groups -OCH3 is 3. The molecule has 6 heteroatoms. The van der Waals surface area contributed by atoms with E-state index < -0.39 is 0 Å². The van der Waals surface area contributed by atoms with Crippen molar-refractivity contribution in [3.8, 4) is 10.4 Å². The second kappa shape index (κ2) is 9.41. The van der Waals surface area contributed by atoms with Gasteiger partial charge in [-0.2, -0.15) is 0 Å². The molecule has 2 heterocycles. The number of thiophene rings is 1. The third-order valence-corrected chi connectivity index (χ3v) is 5.47. The quantitative estimate of drug-likeness (QED) is 0.289. The molecule has 0 unspecified atom stereocenters. The molecule has 2 aromatic heterocycles. The Morgan fingerprint density at radius 3 is 2.66 bits per heavy atom. The largest absolute Gasteiger partial charge is 0.493 e. The highest BCUT2D eigenvalue weighted by atomic mass is 32.1. The van der Waals surface area contributed by atoms with Gasteiger partial charge >= 0.3 is 5.63 Å². The van der Waals surface area contributed by atoms with Gasteiger partial charge in [0.05, 0.1) is 20.8 Å². The normalized spacial score (nSPS) is 12.2. The van der Waals surface area contributed by atoms with Crippen LogP contribution in [-0.4, -0.2) is 27.9 Å². The van der Waals surface area contributed by atoms with Gasteiger partial charge in [0.25, 0.3) is 0 Å². The summed E-state index contributed by atoms with van der Waals surface area (Å²) in [5, 5.41) is 0.892. The SMILES string of the molecule is C=C(OC)/C(=C\C(=C/COC)c1ccc(-c2cc(=O)oc3ccccc23)s1)OC. The minimum atomic E-state index is -0.373. The average molecular weight is 410 g/mol. The summed E-state index contributed by atoms with van der Waals surface area (Å²) >= 11 is 1.56. The Labute approximate surface area is 173 Å². The molecule has 5 nitrogen and oxygen atoms in total. The molecule has 29 heavy (non-hydrogen) atoms. The molecule has 0 aliphatic carbocycles. The molecule has 1 aromatic carbocycles. The van der Waals surface area contributed by atoms with Crippen LogP contribution in [0.2, 0.25) is 0 Å². The Kier molecular flexibility index (Phi) is 6.69. The van der Waals surface area contributed by atoms with E-state index in [9.17, 15) is 4.79 Å². The van der Waals surface area contributed by atoms with E-state index in [0.717, 1.165) is 26.3 Å². The summed E-state index contributed by atoms with van der Waals surface area (Å²) in [4.78, 5) is 14.0. The second-order valence-electron chi connectivity index (χ2n) is 6.09. The zero-order chi connectivity index (χ0) is 20.8. The lowest BCUT2D eigenvalue weighted by molar-refractivity contribution is 0.221. The molecule has 0 bridgehead atoms. The van der Waals surface area contributed by atoms with E-state index in [2.05, 4.69) is 6.58 Å². The molecule has 0 fully saturated rings. The van der Waals surface area contributed by atoms with Crippen molar-refractivity contribution < 1.29 is 18.6 Å². The number of rotatable bonds is 8. The summed E-state index contributed by atoms with van der Waals surface area (Å²) in [6.45, 7) is 4.29. The maximum absolute atomic E-state index is 12.0. The van der Waals surface area contributed by atoms with E-state index in [1.807, 2.05) is 42.5 Å². The van der Waals surface area contributed by atoms with Crippen molar-refractivity contribution >= 4 is 27.9 Å². The molecule has 0 radical (unpaired) electrons. The van der Waals surface area contributed by atoms with Crippen LogP contribution in [0.4, 0.5) is 0 Å². The minimum Gasteiger partial charge on any atom is -0.493 e. The van der Waals surface area contributed by atoms with Gasteiger partial charge in [0.1, 0.15) is 5.58 Å². The number of benzene rings is 1. The van der Waals surface area contributed by atoms with Crippen LogP contribution in [0, 0.1) is 0 Å². The Balaban J connectivity index is 2.08. The molecule has 0 saturated carbocycles. The van der Waals surface area contributed by atoms with Crippen LogP contribution in [-0.2, 0) is 14.2 Å². The Morgan fingerprint density at radius 2 is 1.93 bits per heavy atom. The summed E-state index contributed by atoms with van der Waals surface area (Å²) in [5.41, 5.74) is 1.95. The van der Waals surface area contributed by atoms with Crippen molar-refractivity contribution in [2.75, 3.05) is 27.9 Å². The highest BCUT2D eigenvalue weighted by molar-refractivity contribution is 7.16. The van der Waals surface area contributed by atoms with Crippen LogP contribution < -0.4 is 5.63 Å². The molecule has 3 aromatic rings. The summed E-state index contributed by atoms with van der Waals surface area (Å²) in [6, 6.07) is 13.0. The fraction of sp³-hybridized carbons (Fsp3) is 0.174. The zero-order valence-electron chi connectivity index (χ0n) is 16.6. The number of hydrogen-bond acceptors (Lipinski definition) is 6. The van der Waals surface area contributed by atoms with Crippen molar-refractivity contribution in [3.05, 3.63) is 88.0 Å². The first kappa shape index (κ1) is 20.6. The Bertz CT molecular complexity index is 1130. The predicted molar refractivity (Wildman–Crippen MR) is 117 cm³/mol. The van der Waals surface area contributed by atoms with Gasteiger partial charge in [-0.05, 0) is 29.8 Å². The molecular weight excluding hydrogens is 388 g/mol. The minimum absolute atomic E-state index is 0.373. The van der Waals surface area contributed by atoms with Gasteiger partial charge in [0.15, 0.2) is 11.5 Å². The molecule has 0 spiro atoms. The standard InChI is InChI=1S/C23H22O5S/c1-15(26-3)20(27-4)13-16(11-12-25-2)21-9-10-22(29-21)18-14-23(24)28-19-8-6-5-7-17(18)19/h5-11,13-14H,1,12H2,2-4H3/b16-11+,20-13+. The predicted octanol–water partition coefficient (Wildman–Crippen LogP) is 5.24. The summed E-state index contributed by atoms with van der Waals surface area (Å²) < 4.78 is 21.1. The molecule has 0 amide bonds. The number of ether oxygens (including phenoxy) is 3. The van der Waals surface area contributed by atoms with Gasteiger partial charge in [-0.15, -0.1) is 11.3 Å². The van der Waals surface area contributed by atoms with Gasteiger partial charge in [0.2, 0.25) is 0 Å². The van der Waals surface area contributed by atoms with Crippen molar-refractivity contribution in [1.82, 2.24) is 0 Å². The number of para-hydroxylation sites is 1. The highest BCUT2D eigenvalue weighted by Gasteiger charge is 2.13. The van der Waals surface area contributed by atoms with Gasteiger partial charge in [-0.25, -0.2) is 4.79 Å². The van der Waals surface area contributed by atoms with E-state index in [-0.39, 0.29) is 5.63 Å². The van der Waals surface area contributed by atoms with Crippen LogP contribution in [0.3, 0.4) is 0 Å². The van der Waals surface area contributed by atoms with E-state index in [1.54, 1.807) is 38.7 Å². The molecule has 0 saturated heterocycles. The van der Waals surface area contributed by atoms with Gasteiger partial charge < -0.3 is 18.6 Å². The summed E-state index contributed by atoms with van der Waals surface area (Å²) in [7, 11) is 4.75. The Morgan fingerprint density at radius 1 is 1.14 bits per heavy atom. The number of hydrogen-bond donors (Lipinski definition) is 0. The van der Waals surface area contributed by atoms with Gasteiger partial charge in [0, 0.05) is 33.9 Å².